The molecule has 0 aliphatic heterocycles. The van der Waals surface area contributed by atoms with E-state index in [9.17, 15) is 4.79 Å². The first-order chi connectivity index (χ1) is 7.81. The summed E-state index contributed by atoms with van der Waals surface area (Å²) in [5, 5.41) is 2.67. The Bertz CT molecular complexity index is 275. The molecule has 0 aromatic carbocycles. The number of nitrogens with two attached hydrogens (primary N) is 1. The molecule has 108 valence electrons. The van der Waals surface area contributed by atoms with Crippen LogP contribution in [0.4, 0.5) is 4.79 Å². The largest absolute Gasteiger partial charge is 0.444 e. The summed E-state index contributed by atoms with van der Waals surface area (Å²) in [6, 6.07) is 0. The number of rotatable bonds is 5. The predicted molar refractivity (Wildman–Crippen MR) is 72.3 cm³/mol. The minimum absolute atomic E-state index is 0.276. The second-order valence-corrected chi connectivity index (χ2v) is 6.72. The average molecular weight is 260 g/mol. The zero-order valence-corrected chi connectivity index (χ0v) is 12.7. The van der Waals surface area contributed by atoms with E-state index in [2.05, 4.69) is 5.32 Å². The highest BCUT2D eigenvalue weighted by Crippen LogP contribution is 2.12. The first-order valence-corrected chi connectivity index (χ1v) is 6.25. The number of carbonyl (C=O) groups is 1. The number of hydrogen-bond acceptors (Lipinski definition) is 4. The molecule has 0 bridgehead atoms. The Morgan fingerprint density at radius 3 is 2.00 bits per heavy atom. The zero-order chi connectivity index (χ0) is 14.6. The van der Waals surface area contributed by atoms with E-state index in [4.69, 9.17) is 15.2 Å². The lowest BCUT2D eigenvalue weighted by Crippen LogP contribution is -2.48. The highest BCUT2D eigenvalue weighted by molar-refractivity contribution is 5.68. The van der Waals surface area contributed by atoms with Crippen molar-refractivity contribution >= 4 is 6.09 Å². The lowest BCUT2D eigenvalue weighted by Gasteiger charge is -2.30. The lowest BCUT2D eigenvalue weighted by molar-refractivity contribution is -0.0523. The first kappa shape index (κ1) is 17.2. The summed E-state index contributed by atoms with van der Waals surface area (Å²) >= 11 is 0. The Hall–Kier alpha value is -0.810. The molecule has 0 atom stereocenters. The maximum Gasteiger partial charge on any atom is 0.409 e. The van der Waals surface area contributed by atoms with Crippen molar-refractivity contribution in [3.8, 4) is 0 Å². The van der Waals surface area contributed by atoms with Crippen LogP contribution < -0.4 is 11.1 Å². The van der Waals surface area contributed by atoms with Gasteiger partial charge in [0, 0.05) is 5.54 Å². The van der Waals surface area contributed by atoms with E-state index in [0.29, 0.717) is 13.0 Å². The molecule has 3 N–H and O–H groups in total. The fourth-order valence-electron chi connectivity index (χ4n) is 1.15. The Morgan fingerprint density at radius 1 is 1.11 bits per heavy atom. The van der Waals surface area contributed by atoms with Crippen LogP contribution in [-0.4, -0.2) is 29.6 Å². The minimum Gasteiger partial charge on any atom is -0.444 e. The van der Waals surface area contributed by atoms with Crippen molar-refractivity contribution in [2.24, 2.45) is 5.73 Å². The maximum absolute atomic E-state index is 11.6. The van der Waals surface area contributed by atoms with Crippen molar-refractivity contribution in [2.75, 3.05) is 6.61 Å². The second-order valence-electron chi connectivity index (χ2n) is 6.72. The van der Waals surface area contributed by atoms with Gasteiger partial charge in [0.2, 0.25) is 0 Å². The third-order valence-electron chi connectivity index (χ3n) is 2.01. The lowest BCUT2D eigenvalue weighted by atomic mass is 10.0. The molecule has 0 aliphatic rings. The summed E-state index contributed by atoms with van der Waals surface area (Å²) in [6.45, 7) is 13.4. The van der Waals surface area contributed by atoms with E-state index in [1.807, 2.05) is 34.6 Å². The van der Waals surface area contributed by atoms with Crippen molar-refractivity contribution in [3.63, 3.8) is 0 Å². The molecule has 0 spiro atoms. The molecule has 0 unspecified atom stereocenters. The van der Waals surface area contributed by atoms with Gasteiger partial charge in [-0.3, -0.25) is 5.32 Å². The number of amides is 1. The summed E-state index contributed by atoms with van der Waals surface area (Å²) in [5.74, 6) is 0. The average Bonchev–Trinajstić information content (AvgIpc) is 1.93. The number of hydrogen-bond donors (Lipinski definition) is 2. The quantitative estimate of drug-likeness (QED) is 0.744. The van der Waals surface area contributed by atoms with Crippen LogP contribution in [0.15, 0.2) is 0 Å². The Labute approximate surface area is 110 Å². The van der Waals surface area contributed by atoms with Crippen LogP contribution >= 0.6 is 0 Å². The molecule has 0 aliphatic carbocycles. The standard InChI is InChI=1S/C13H28N2O3/c1-11(2,3)18-10(16)15-13(6,7)17-9-8-12(4,5)14/h8-9,14H2,1-7H3,(H,15,16). The molecule has 1 amide bonds. The van der Waals surface area contributed by atoms with Gasteiger partial charge in [0.05, 0.1) is 6.61 Å². The third-order valence-corrected chi connectivity index (χ3v) is 2.01. The van der Waals surface area contributed by atoms with Crippen LogP contribution in [0.25, 0.3) is 0 Å². The fraction of sp³-hybridized carbons (Fsp3) is 0.923. The van der Waals surface area contributed by atoms with Gasteiger partial charge in [0.1, 0.15) is 11.3 Å². The Morgan fingerprint density at radius 2 is 1.61 bits per heavy atom. The summed E-state index contributed by atoms with van der Waals surface area (Å²) in [5.41, 5.74) is 4.30. The predicted octanol–water partition coefficient (Wildman–Crippen LogP) is 2.39. The van der Waals surface area contributed by atoms with Gasteiger partial charge >= 0.3 is 6.09 Å². The van der Waals surface area contributed by atoms with Gasteiger partial charge in [0.25, 0.3) is 0 Å². The second kappa shape index (κ2) is 5.89. The van der Waals surface area contributed by atoms with Gasteiger partial charge in [-0.15, -0.1) is 0 Å². The van der Waals surface area contributed by atoms with Crippen LogP contribution in [0.1, 0.15) is 54.9 Å². The van der Waals surface area contributed by atoms with Gasteiger partial charge < -0.3 is 15.2 Å². The molecular weight excluding hydrogens is 232 g/mol. The number of ether oxygens (including phenoxy) is 2. The maximum atomic E-state index is 11.6. The molecule has 0 aromatic rings. The van der Waals surface area contributed by atoms with E-state index >= 15 is 0 Å². The summed E-state index contributed by atoms with van der Waals surface area (Å²) < 4.78 is 10.8. The van der Waals surface area contributed by atoms with E-state index in [1.54, 1.807) is 13.8 Å². The van der Waals surface area contributed by atoms with Crippen LogP contribution in [0.5, 0.6) is 0 Å². The van der Waals surface area contributed by atoms with Crippen molar-refractivity contribution in [2.45, 2.75) is 71.8 Å². The molecule has 0 radical (unpaired) electrons. The molecular formula is C13H28N2O3. The SMILES string of the molecule is CC(C)(N)CCOC(C)(C)NC(=O)OC(C)(C)C. The Kier molecular flexibility index (Phi) is 5.62. The van der Waals surface area contributed by atoms with Crippen molar-refractivity contribution in [1.82, 2.24) is 5.32 Å². The van der Waals surface area contributed by atoms with Crippen LogP contribution in [0.2, 0.25) is 0 Å². The summed E-state index contributed by atoms with van der Waals surface area (Å²) in [4.78, 5) is 11.6. The molecule has 0 saturated heterocycles. The van der Waals surface area contributed by atoms with Gasteiger partial charge in [-0.05, 0) is 54.9 Å². The number of carbonyl (C=O) groups excluding carboxylic acids is 1. The van der Waals surface area contributed by atoms with Crippen LogP contribution in [0.3, 0.4) is 0 Å². The minimum atomic E-state index is -0.770. The van der Waals surface area contributed by atoms with E-state index in [-0.39, 0.29) is 5.54 Å². The van der Waals surface area contributed by atoms with Crippen molar-refractivity contribution in [3.05, 3.63) is 0 Å². The van der Waals surface area contributed by atoms with Crippen molar-refractivity contribution < 1.29 is 14.3 Å². The topological polar surface area (TPSA) is 73.6 Å². The van der Waals surface area contributed by atoms with Gasteiger partial charge in [0.15, 0.2) is 0 Å². The molecule has 18 heavy (non-hydrogen) atoms. The fourth-order valence-corrected chi connectivity index (χ4v) is 1.15. The smallest absolute Gasteiger partial charge is 0.409 e. The van der Waals surface area contributed by atoms with E-state index < -0.39 is 17.4 Å². The molecule has 0 fully saturated rings. The number of alkyl carbamates (subject to hydrolysis) is 1. The summed E-state index contributed by atoms with van der Waals surface area (Å²) in [7, 11) is 0. The Balaban J connectivity index is 4.11. The van der Waals surface area contributed by atoms with Crippen molar-refractivity contribution in [1.29, 1.82) is 0 Å². The number of nitrogens with one attached hydrogen (secondary N) is 1. The van der Waals surface area contributed by atoms with Gasteiger partial charge in [-0.25, -0.2) is 4.79 Å². The molecule has 5 heteroatoms. The molecule has 0 saturated carbocycles. The first-order valence-electron chi connectivity index (χ1n) is 6.25. The van der Waals surface area contributed by atoms with Crippen LogP contribution in [0, 0.1) is 0 Å². The molecule has 0 aromatic heterocycles. The van der Waals surface area contributed by atoms with Gasteiger partial charge in [-0.1, -0.05) is 0 Å². The van der Waals surface area contributed by atoms with E-state index in [0.717, 1.165) is 0 Å². The zero-order valence-electron chi connectivity index (χ0n) is 12.7. The van der Waals surface area contributed by atoms with Crippen LogP contribution in [-0.2, 0) is 9.47 Å². The third kappa shape index (κ3) is 10.4. The monoisotopic (exact) mass is 260 g/mol. The highest BCUT2D eigenvalue weighted by atomic mass is 16.6. The molecule has 5 nitrogen and oxygen atoms in total. The van der Waals surface area contributed by atoms with E-state index in [1.165, 1.54) is 0 Å². The molecule has 0 rings (SSSR count). The summed E-state index contributed by atoms with van der Waals surface area (Å²) in [6.07, 6.45) is 0.228. The molecule has 0 heterocycles. The highest BCUT2D eigenvalue weighted by Gasteiger charge is 2.25. The van der Waals surface area contributed by atoms with Gasteiger partial charge in [-0.2, -0.15) is 0 Å². The normalized spacial score (nSPS) is 13.3.